The van der Waals surface area contributed by atoms with Gasteiger partial charge in [-0.2, -0.15) is 0 Å². The molecular weight excluding hydrogens is 580 g/mol. The summed E-state index contributed by atoms with van der Waals surface area (Å²) in [4.78, 5) is 45.1. The number of nitrogens with one attached hydrogen (secondary N) is 2. The maximum atomic E-state index is 12.7. The minimum absolute atomic E-state index is 0.0268. The molecule has 0 unspecified atom stereocenters. The maximum absolute atomic E-state index is 12.7. The molecule has 2 aromatic carbocycles. The Morgan fingerprint density at radius 1 is 0.886 bits per heavy atom. The van der Waals surface area contributed by atoms with Gasteiger partial charge in [-0.05, 0) is 86.0 Å². The van der Waals surface area contributed by atoms with Crippen molar-refractivity contribution in [2.45, 2.75) is 49.3 Å². The fourth-order valence-electron chi connectivity index (χ4n) is 4.95. The minimum atomic E-state index is -1.11. The van der Waals surface area contributed by atoms with E-state index in [9.17, 15) is 19.5 Å². The van der Waals surface area contributed by atoms with Gasteiger partial charge in [-0.25, -0.2) is 14.8 Å². The van der Waals surface area contributed by atoms with Gasteiger partial charge in [0.1, 0.15) is 16.5 Å². The molecule has 1 fully saturated rings. The van der Waals surface area contributed by atoms with Gasteiger partial charge in [-0.1, -0.05) is 18.2 Å². The smallest absolute Gasteiger partial charge is 0.337 e. The van der Waals surface area contributed by atoms with E-state index in [1.165, 1.54) is 17.8 Å². The number of pyridine rings is 2. The highest BCUT2D eigenvalue weighted by Crippen LogP contribution is 2.28. The number of amides is 2. The van der Waals surface area contributed by atoms with Crippen LogP contribution in [0.3, 0.4) is 0 Å². The number of ether oxygens (including phenoxy) is 2. The Morgan fingerprint density at radius 2 is 1.61 bits per heavy atom. The Kier molecular flexibility index (Phi) is 10.1. The van der Waals surface area contributed by atoms with Gasteiger partial charge in [0.25, 0.3) is 5.91 Å². The monoisotopic (exact) mass is 612 g/mol. The van der Waals surface area contributed by atoms with Crippen molar-refractivity contribution < 1.29 is 29.0 Å². The van der Waals surface area contributed by atoms with E-state index in [0.29, 0.717) is 22.8 Å². The van der Waals surface area contributed by atoms with Gasteiger partial charge in [0, 0.05) is 24.5 Å². The molecule has 2 aromatic heterocycles. The molecule has 10 nitrogen and oxygen atoms in total. The second kappa shape index (κ2) is 14.5. The number of thioether (sulfide) groups is 1. The van der Waals surface area contributed by atoms with Crippen LogP contribution in [0.25, 0.3) is 0 Å². The van der Waals surface area contributed by atoms with Crippen molar-refractivity contribution in [2.24, 2.45) is 0 Å². The van der Waals surface area contributed by atoms with Crippen molar-refractivity contribution in [2.75, 3.05) is 11.6 Å². The summed E-state index contributed by atoms with van der Waals surface area (Å²) in [5.41, 5.74) is 1.53. The predicted octanol–water partition coefficient (Wildman–Crippen LogP) is 5.99. The molecule has 0 saturated heterocycles. The lowest BCUT2D eigenvalue weighted by atomic mass is 9.92. The number of rotatable bonds is 11. The van der Waals surface area contributed by atoms with Crippen molar-refractivity contribution in [3.8, 4) is 17.4 Å². The van der Waals surface area contributed by atoms with Crippen molar-refractivity contribution in [1.29, 1.82) is 0 Å². The molecule has 44 heavy (non-hydrogen) atoms. The first-order valence-electron chi connectivity index (χ1n) is 14.2. The summed E-state index contributed by atoms with van der Waals surface area (Å²) in [6, 6.07) is 20.7. The quantitative estimate of drug-likeness (QED) is 0.174. The molecule has 0 spiro atoms. The maximum Gasteiger partial charge on any atom is 0.337 e. The molecule has 0 aliphatic heterocycles. The first-order chi connectivity index (χ1) is 21.4. The second-order valence-corrected chi connectivity index (χ2v) is 11.1. The Labute approximate surface area is 259 Å². The number of hydrogen-bond acceptors (Lipinski definition) is 8. The highest BCUT2D eigenvalue weighted by atomic mass is 32.2. The van der Waals surface area contributed by atoms with E-state index in [1.54, 1.807) is 67.0 Å². The molecule has 1 aliphatic carbocycles. The Morgan fingerprint density at radius 3 is 2.32 bits per heavy atom. The van der Waals surface area contributed by atoms with Gasteiger partial charge in [0.05, 0.1) is 29.3 Å². The van der Waals surface area contributed by atoms with E-state index in [-0.39, 0.29) is 41.6 Å². The molecule has 3 N–H and O–H groups in total. The van der Waals surface area contributed by atoms with Crippen LogP contribution in [-0.4, -0.2) is 51.3 Å². The number of carbonyl (C=O) groups is 3. The van der Waals surface area contributed by atoms with Crippen LogP contribution in [0, 0.1) is 0 Å². The standard InChI is InChI=1S/C33H32N4O6S/c1-44-32-27(6-4-18-34-32)31(39)36-22-9-11-23(12-10-22)42-24-13-15-25(16-14-24)43-30-17-8-21(20-35-30)19-29(38)37-28-7-3-2-5-26(28)33(40)41/h2-8,13-18,20,22-23H,9-12,19H2,1H3,(H,36,39)(H,37,38)(H,40,41). The van der Waals surface area contributed by atoms with E-state index in [0.717, 1.165) is 36.5 Å². The lowest BCUT2D eigenvalue weighted by Crippen LogP contribution is -2.39. The number of anilines is 1. The first-order valence-corrected chi connectivity index (χ1v) is 15.4. The molecule has 1 saturated carbocycles. The third kappa shape index (κ3) is 8.13. The number of hydrogen-bond donors (Lipinski definition) is 3. The van der Waals surface area contributed by atoms with Crippen LogP contribution in [0.15, 0.2) is 90.2 Å². The van der Waals surface area contributed by atoms with Crippen molar-refractivity contribution in [3.63, 3.8) is 0 Å². The molecule has 2 heterocycles. The highest BCUT2D eigenvalue weighted by molar-refractivity contribution is 7.98. The van der Waals surface area contributed by atoms with Gasteiger partial charge >= 0.3 is 5.97 Å². The number of nitrogens with zero attached hydrogens (tertiary/aromatic N) is 2. The van der Waals surface area contributed by atoms with Gasteiger partial charge in [0.2, 0.25) is 11.8 Å². The average molecular weight is 613 g/mol. The fourth-order valence-corrected chi connectivity index (χ4v) is 5.50. The van der Waals surface area contributed by atoms with Crippen LogP contribution in [-0.2, 0) is 11.2 Å². The van der Waals surface area contributed by atoms with Crippen LogP contribution in [0.5, 0.6) is 17.4 Å². The zero-order valence-corrected chi connectivity index (χ0v) is 24.9. The highest BCUT2D eigenvalue weighted by Gasteiger charge is 2.25. The molecule has 5 rings (SSSR count). The molecular formula is C33H32N4O6S. The van der Waals surface area contributed by atoms with E-state index < -0.39 is 5.97 Å². The topological polar surface area (TPSA) is 140 Å². The SMILES string of the molecule is CSc1ncccc1C(=O)NC1CCC(Oc2ccc(Oc3ccc(CC(=O)Nc4ccccc4C(=O)O)cn3)cc2)CC1. The van der Waals surface area contributed by atoms with Gasteiger partial charge < -0.3 is 25.2 Å². The second-order valence-electron chi connectivity index (χ2n) is 10.3. The summed E-state index contributed by atoms with van der Waals surface area (Å²) in [7, 11) is 0. The van der Waals surface area contributed by atoms with Crippen molar-refractivity contribution in [3.05, 3.63) is 102 Å². The number of aromatic carboxylic acids is 1. The lowest BCUT2D eigenvalue weighted by Gasteiger charge is -2.29. The summed E-state index contributed by atoms with van der Waals surface area (Å²) < 4.78 is 12.0. The third-order valence-electron chi connectivity index (χ3n) is 7.16. The zero-order chi connectivity index (χ0) is 30.9. The van der Waals surface area contributed by atoms with E-state index in [1.807, 2.05) is 18.4 Å². The molecule has 0 atom stereocenters. The van der Waals surface area contributed by atoms with Crippen LogP contribution in [0.2, 0.25) is 0 Å². The predicted molar refractivity (Wildman–Crippen MR) is 167 cm³/mol. The summed E-state index contributed by atoms with van der Waals surface area (Å²) in [5, 5.41) is 15.8. The molecule has 11 heteroatoms. The number of carboxylic acid groups (broad SMARTS) is 1. The molecule has 226 valence electrons. The van der Waals surface area contributed by atoms with Crippen LogP contribution >= 0.6 is 11.8 Å². The Bertz CT molecular complexity index is 1610. The van der Waals surface area contributed by atoms with Crippen LogP contribution in [0.4, 0.5) is 5.69 Å². The van der Waals surface area contributed by atoms with Crippen LogP contribution < -0.4 is 20.1 Å². The number of carbonyl (C=O) groups excluding carboxylic acids is 2. The van der Waals surface area contributed by atoms with Gasteiger partial charge in [-0.3, -0.25) is 9.59 Å². The van der Waals surface area contributed by atoms with Gasteiger partial charge in [0.15, 0.2) is 0 Å². The van der Waals surface area contributed by atoms with E-state index in [4.69, 9.17) is 9.47 Å². The number of para-hydroxylation sites is 1. The fraction of sp³-hybridized carbons (Fsp3) is 0.242. The summed E-state index contributed by atoms with van der Waals surface area (Å²) in [6.45, 7) is 0. The van der Waals surface area contributed by atoms with Gasteiger partial charge in [-0.15, -0.1) is 11.8 Å². The molecule has 0 radical (unpaired) electrons. The summed E-state index contributed by atoms with van der Waals surface area (Å²) in [5.74, 6) is 0.153. The Balaban J connectivity index is 1.06. The van der Waals surface area contributed by atoms with Crippen molar-refractivity contribution >= 4 is 35.2 Å². The van der Waals surface area contributed by atoms with Crippen LogP contribution in [0.1, 0.15) is 52.0 Å². The molecule has 1 aliphatic rings. The first kappa shape index (κ1) is 30.6. The number of benzene rings is 2. The largest absolute Gasteiger partial charge is 0.490 e. The normalized spacial score (nSPS) is 16.0. The molecule has 4 aromatic rings. The van der Waals surface area contributed by atoms with Crippen molar-refractivity contribution in [1.82, 2.24) is 15.3 Å². The minimum Gasteiger partial charge on any atom is -0.490 e. The number of aromatic nitrogens is 2. The third-order valence-corrected chi connectivity index (χ3v) is 7.87. The zero-order valence-electron chi connectivity index (χ0n) is 24.1. The molecule has 2 amide bonds. The van der Waals surface area contributed by atoms with E-state index in [2.05, 4.69) is 20.6 Å². The number of carboxylic acids is 1. The average Bonchev–Trinajstić information content (AvgIpc) is 3.04. The Hall–Kier alpha value is -4.90. The lowest BCUT2D eigenvalue weighted by molar-refractivity contribution is -0.115. The summed E-state index contributed by atoms with van der Waals surface area (Å²) in [6.07, 6.45) is 8.61. The summed E-state index contributed by atoms with van der Waals surface area (Å²) >= 11 is 1.46. The molecule has 0 bridgehead atoms. The van der Waals surface area contributed by atoms with E-state index >= 15 is 0 Å².